The van der Waals surface area contributed by atoms with Crippen molar-refractivity contribution >= 4 is 6.09 Å². The van der Waals surface area contributed by atoms with Gasteiger partial charge in [0.25, 0.3) is 0 Å². The molecule has 0 aromatic heterocycles. The third-order valence-electron chi connectivity index (χ3n) is 3.64. The number of rotatable bonds is 7. The minimum atomic E-state index is -0.544. The maximum Gasteiger partial charge on any atom is 0.407 e. The third kappa shape index (κ3) is 9.72. The molecule has 0 aliphatic rings. The van der Waals surface area contributed by atoms with Crippen molar-refractivity contribution in [1.29, 1.82) is 0 Å². The molecule has 1 amide bonds. The number of carbonyl (C=O) groups is 1. The van der Waals surface area contributed by atoms with E-state index >= 15 is 0 Å². The molecule has 0 radical (unpaired) electrons. The molecule has 0 saturated carbocycles. The highest BCUT2D eigenvalue weighted by Crippen LogP contribution is 2.20. The highest BCUT2D eigenvalue weighted by Gasteiger charge is 2.27. The molecule has 0 aromatic rings. The standard InChI is InChI=1S/C17H35NO3/c1-11(2)9-14(15(19)10-13(5)12(3)4)18-16(20)21-17(6,7)8/h11-15,19H,9-10H2,1-8H3,(H,18,20)/t13-,14?,15?/m0/s1. The molecular weight excluding hydrogens is 266 g/mol. The summed E-state index contributed by atoms with van der Waals surface area (Å²) >= 11 is 0. The van der Waals surface area contributed by atoms with Gasteiger partial charge in [0.1, 0.15) is 5.60 Å². The maximum absolute atomic E-state index is 11.9. The quantitative estimate of drug-likeness (QED) is 0.748. The van der Waals surface area contributed by atoms with Crippen LogP contribution >= 0.6 is 0 Å². The first kappa shape index (κ1) is 20.2. The van der Waals surface area contributed by atoms with E-state index in [2.05, 4.69) is 39.9 Å². The Morgan fingerprint density at radius 1 is 1.10 bits per heavy atom. The maximum atomic E-state index is 11.9. The number of hydrogen-bond donors (Lipinski definition) is 2. The van der Waals surface area contributed by atoms with E-state index in [1.165, 1.54) is 0 Å². The fourth-order valence-corrected chi connectivity index (χ4v) is 2.10. The molecule has 0 bridgehead atoms. The molecule has 0 saturated heterocycles. The Morgan fingerprint density at radius 3 is 2.00 bits per heavy atom. The lowest BCUT2D eigenvalue weighted by Crippen LogP contribution is -2.46. The minimum absolute atomic E-state index is 0.263. The number of aliphatic hydroxyl groups excluding tert-OH is 1. The van der Waals surface area contributed by atoms with Crippen molar-refractivity contribution in [2.24, 2.45) is 17.8 Å². The summed E-state index contributed by atoms with van der Waals surface area (Å²) in [5.74, 6) is 1.32. The fraction of sp³-hybridized carbons (Fsp3) is 0.941. The molecule has 2 N–H and O–H groups in total. The van der Waals surface area contributed by atoms with Crippen LogP contribution in [0, 0.1) is 17.8 Å². The Bertz CT molecular complexity index is 308. The first-order valence-corrected chi connectivity index (χ1v) is 8.10. The van der Waals surface area contributed by atoms with Crippen LogP contribution in [0.1, 0.15) is 68.2 Å². The van der Waals surface area contributed by atoms with Crippen LogP contribution in [-0.4, -0.2) is 28.9 Å². The molecule has 21 heavy (non-hydrogen) atoms. The zero-order valence-corrected chi connectivity index (χ0v) is 15.1. The lowest BCUT2D eigenvalue weighted by Gasteiger charge is -2.30. The van der Waals surface area contributed by atoms with Crippen LogP contribution in [0.3, 0.4) is 0 Å². The lowest BCUT2D eigenvalue weighted by atomic mass is 9.87. The fourth-order valence-electron chi connectivity index (χ4n) is 2.10. The monoisotopic (exact) mass is 301 g/mol. The van der Waals surface area contributed by atoms with Gasteiger partial charge in [0.15, 0.2) is 0 Å². The summed E-state index contributed by atoms with van der Waals surface area (Å²) in [7, 11) is 0. The molecule has 126 valence electrons. The van der Waals surface area contributed by atoms with E-state index in [0.717, 1.165) is 6.42 Å². The van der Waals surface area contributed by atoms with Gasteiger partial charge in [-0.2, -0.15) is 0 Å². The van der Waals surface area contributed by atoms with Crippen molar-refractivity contribution in [3.8, 4) is 0 Å². The van der Waals surface area contributed by atoms with E-state index in [1.807, 2.05) is 20.8 Å². The van der Waals surface area contributed by atoms with Crippen LogP contribution in [0.25, 0.3) is 0 Å². The molecule has 0 heterocycles. The largest absolute Gasteiger partial charge is 0.444 e. The van der Waals surface area contributed by atoms with Gasteiger partial charge in [0.2, 0.25) is 0 Å². The van der Waals surface area contributed by atoms with Gasteiger partial charge in [-0.05, 0) is 51.4 Å². The molecule has 0 aliphatic heterocycles. The van der Waals surface area contributed by atoms with E-state index in [0.29, 0.717) is 24.2 Å². The van der Waals surface area contributed by atoms with Gasteiger partial charge in [0.05, 0.1) is 12.1 Å². The minimum Gasteiger partial charge on any atom is -0.444 e. The van der Waals surface area contributed by atoms with Crippen molar-refractivity contribution in [2.45, 2.75) is 86.0 Å². The average molecular weight is 301 g/mol. The molecule has 0 spiro atoms. The molecule has 3 atom stereocenters. The van der Waals surface area contributed by atoms with E-state index in [1.54, 1.807) is 0 Å². The van der Waals surface area contributed by atoms with Crippen LogP contribution < -0.4 is 5.32 Å². The van der Waals surface area contributed by atoms with Crippen molar-refractivity contribution in [2.75, 3.05) is 0 Å². The Labute approximate surface area is 130 Å². The summed E-state index contributed by atoms with van der Waals surface area (Å²) in [6.45, 7) is 16.1. The molecule has 4 heteroatoms. The Morgan fingerprint density at radius 2 is 1.62 bits per heavy atom. The Hall–Kier alpha value is -0.770. The number of ether oxygens (including phenoxy) is 1. The SMILES string of the molecule is CC(C)CC(NC(=O)OC(C)(C)C)C(O)C[C@H](C)C(C)C. The lowest BCUT2D eigenvalue weighted by molar-refractivity contribution is 0.0360. The number of aliphatic hydroxyl groups is 1. The third-order valence-corrected chi connectivity index (χ3v) is 3.64. The predicted molar refractivity (Wildman–Crippen MR) is 87.2 cm³/mol. The second-order valence-corrected chi connectivity index (χ2v) is 7.91. The van der Waals surface area contributed by atoms with Crippen molar-refractivity contribution in [3.63, 3.8) is 0 Å². The molecule has 0 aliphatic carbocycles. The van der Waals surface area contributed by atoms with Crippen LogP contribution in [0.15, 0.2) is 0 Å². The first-order valence-electron chi connectivity index (χ1n) is 8.10. The molecule has 0 rings (SSSR count). The number of hydrogen-bond acceptors (Lipinski definition) is 3. The van der Waals surface area contributed by atoms with Crippen molar-refractivity contribution < 1.29 is 14.6 Å². The number of alkyl carbamates (subject to hydrolysis) is 1. The van der Waals surface area contributed by atoms with Crippen LogP contribution in [0.4, 0.5) is 4.79 Å². The summed E-state index contributed by atoms with van der Waals surface area (Å²) < 4.78 is 5.29. The summed E-state index contributed by atoms with van der Waals surface area (Å²) in [5, 5.41) is 13.3. The van der Waals surface area contributed by atoms with Crippen LogP contribution in [-0.2, 0) is 4.74 Å². The van der Waals surface area contributed by atoms with Crippen molar-refractivity contribution in [3.05, 3.63) is 0 Å². The normalized spacial score (nSPS) is 16.7. The second-order valence-electron chi connectivity index (χ2n) is 7.91. The predicted octanol–water partition coefficient (Wildman–Crippen LogP) is 3.97. The zero-order chi connectivity index (χ0) is 16.8. The van der Waals surface area contributed by atoms with E-state index < -0.39 is 17.8 Å². The Balaban J connectivity index is 4.67. The molecule has 0 aromatic carbocycles. The van der Waals surface area contributed by atoms with Gasteiger partial charge in [-0.1, -0.05) is 34.6 Å². The zero-order valence-electron chi connectivity index (χ0n) is 15.1. The van der Waals surface area contributed by atoms with Crippen LogP contribution in [0.2, 0.25) is 0 Å². The molecule has 4 nitrogen and oxygen atoms in total. The van der Waals surface area contributed by atoms with Crippen LogP contribution in [0.5, 0.6) is 0 Å². The smallest absolute Gasteiger partial charge is 0.407 e. The van der Waals surface area contributed by atoms with Crippen molar-refractivity contribution in [1.82, 2.24) is 5.32 Å². The topological polar surface area (TPSA) is 58.6 Å². The molecule has 0 fully saturated rings. The average Bonchev–Trinajstić information content (AvgIpc) is 2.24. The number of nitrogens with one attached hydrogen (secondary N) is 1. The second kappa shape index (κ2) is 8.62. The van der Waals surface area contributed by atoms with E-state index in [9.17, 15) is 9.90 Å². The summed E-state index contributed by atoms with van der Waals surface area (Å²) in [5.41, 5.74) is -0.525. The van der Waals surface area contributed by atoms with Gasteiger partial charge < -0.3 is 15.2 Å². The number of amides is 1. The summed E-state index contributed by atoms with van der Waals surface area (Å²) in [6.07, 6.45) is 0.428. The highest BCUT2D eigenvalue weighted by molar-refractivity contribution is 5.68. The summed E-state index contributed by atoms with van der Waals surface area (Å²) in [6, 6.07) is -0.263. The first-order chi connectivity index (χ1) is 9.42. The Kier molecular flexibility index (Phi) is 8.30. The molecular formula is C17H35NO3. The van der Waals surface area contributed by atoms with Gasteiger partial charge in [-0.3, -0.25) is 0 Å². The molecule has 2 unspecified atom stereocenters. The number of carbonyl (C=O) groups excluding carboxylic acids is 1. The van der Waals surface area contributed by atoms with E-state index in [-0.39, 0.29) is 6.04 Å². The summed E-state index contributed by atoms with van der Waals surface area (Å²) in [4.78, 5) is 11.9. The van der Waals surface area contributed by atoms with Gasteiger partial charge >= 0.3 is 6.09 Å². The van der Waals surface area contributed by atoms with Gasteiger partial charge in [0, 0.05) is 0 Å². The van der Waals surface area contributed by atoms with Gasteiger partial charge in [-0.15, -0.1) is 0 Å². The van der Waals surface area contributed by atoms with E-state index in [4.69, 9.17) is 4.74 Å². The highest BCUT2D eigenvalue weighted by atomic mass is 16.6. The van der Waals surface area contributed by atoms with Gasteiger partial charge in [-0.25, -0.2) is 4.79 Å².